The molecular formula is C15H27NO. The Morgan fingerprint density at radius 3 is 2.71 bits per heavy atom. The lowest BCUT2D eigenvalue weighted by molar-refractivity contribution is -0.127. The molecule has 0 aliphatic heterocycles. The zero-order valence-electron chi connectivity index (χ0n) is 11.4. The predicted molar refractivity (Wildman–Crippen MR) is 70.7 cm³/mol. The van der Waals surface area contributed by atoms with Crippen molar-refractivity contribution in [3.63, 3.8) is 0 Å². The largest absolute Gasteiger partial charge is 0.353 e. The summed E-state index contributed by atoms with van der Waals surface area (Å²) in [4.78, 5) is 12.2. The van der Waals surface area contributed by atoms with Crippen molar-refractivity contribution in [2.75, 3.05) is 0 Å². The quantitative estimate of drug-likeness (QED) is 0.704. The Kier molecular flexibility index (Phi) is 4.47. The molecule has 0 unspecified atom stereocenters. The second-order valence-corrected chi connectivity index (χ2v) is 6.19. The molecule has 2 nitrogen and oxygen atoms in total. The highest BCUT2D eigenvalue weighted by molar-refractivity contribution is 5.79. The maximum atomic E-state index is 12.2. The van der Waals surface area contributed by atoms with Crippen molar-refractivity contribution in [3.05, 3.63) is 0 Å². The molecule has 0 aromatic heterocycles. The van der Waals surface area contributed by atoms with Crippen LogP contribution in [0.4, 0.5) is 0 Å². The minimum atomic E-state index is 0.348. The molecule has 2 fully saturated rings. The molecule has 0 heterocycles. The molecule has 2 saturated carbocycles. The summed E-state index contributed by atoms with van der Waals surface area (Å²) < 4.78 is 0. The van der Waals surface area contributed by atoms with E-state index in [0.29, 0.717) is 23.8 Å². The summed E-state index contributed by atoms with van der Waals surface area (Å²) in [6, 6.07) is 0.369. The Hall–Kier alpha value is -0.530. The smallest absolute Gasteiger partial charge is 0.223 e. The van der Waals surface area contributed by atoms with Crippen molar-refractivity contribution in [3.8, 4) is 0 Å². The minimum absolute atomic E-state index is 0.348. The Morgan fingerprint density at radius 2 is 2.12 bits per heavy atom. The fraction of sp³-hybridized carbons (Fsp3) is 0.933. The third-order valence-corrected chi connectivity index (χ3v) is 4.70. The number of fused-ring (bicyclic) bond motifs is 2. The fourth-order valence-corrected chi connectivity index (χ4v) is 3.69. The average Bonchev–Trinajstić information content (AvgIpc) is 2.91. The van der Waals surface area contributed by atoms with Crippen molar-refractivity contribution in [2.45, 2.75) is 71.3 Å². The second kappa shape index (κ2) is 5.88. The topological polar surface area (TPSA) is 29.1 Å². The minimum Gasteiger partial charge on any atom is -0.353 e. The van der Waals surface area contributed by atoms with Gasteiger partial charge in [0.15, 0.2) is 0 Å². The SMILES string of the molecule is CCCCC[C@@H](C)NC(=O)[C@H]1C[C@@H]2CC[C@@H]1C2. The average molecular weight is 237 g/mol. The molecule has 98 valence electrons. The Balaban J connectivity index is 1.70. The monoisotopic (exact) mass is 237 g/mol. The third kappa shape index (κ3) is 3.23. The molecule has 2 bridgehead atoms. The van der Waals surface area contributed by atoms with Crippen LogP contribution in [0, 0.1) is 17.8 Å². The van der Waals surface area contributed by atoms with Gasteiger partial charge in [-0.05, 0) is 44.4 Å². The van der Waals surface area contributed by atoms with Crippen molar-refractivity contribution in [1.82, 2.24) is 5.32 Å². The molecular weight excluding hydrogens is 210 g/mol. The van der Waals surface area contributed by atoms with Crippen LogP contribution in [-0.2, 0) is 4.79 Å². The van der Waals surface area contributed by atoms with Crippen LogP contribution < -0.4 is 5.32 Å². The van der Waals surface area contributed by atoms with Crippen molar-refractivity contribution >= 4 is 5.91 Å². The molecule has 0 aromatic carbocycles. The van der Waals surface area contributed by atoms with Crippen LogP contribution in [0.3, 0.4) is 0 Å². The maximum Gasteiger partial charge on any atom is 0.223 e. The first-order valence-corrected chi connectivity index (χ1v) is 7.51. The van der Waals surface area contributed by atoms with Crippen LogP contribution in [0.5, 0.6) is 0 Å². The number of carbonyl (C=O) groups is 1. The lowest BCUT2D eigenvalue weighted by Crippen LogP contribution is -2.39. The molecule has 4 atom stereocenters. The first-order chi connectivity index (χ1) is 8.20. The molecule has 2 heteroatoms. The van der Waals surface area contributed by atoms with E-state index in [1.807, 2.05) is 0 Å². The zero-order valence-corrected chi connectivity index (χ0v) is 11.4. The number of carbonyl (C=O) groups excluding carboxylic acids is 1. The molecule has 2 aliphatic carbocycles. The molecule has 17 heavy (non-hydrogen) atoms. The Labute approximate surface area is 106 Å². The van der Waals surface area contributed by atoms with Crippen molar-refractivity contribution in [2.24, 2.45) is 17.8 Å². The lowest BCUT2D eigenvalue weighted by Gasteiger charge is -2.23. The summed E-state index contributed by atoms with van der Waals surface area (Å²) in [5.41, 5.74) is 0. The molecule has 2 aliphatic rings. The molecule has 0 radical (unpaired) electrons. The number of hydrogen-bond donors (Lipinski definition) is 1. The lowest BCUT2D eigenvalue weighted by atomic mass is 9.88. The Morgan fingerprint density at radius 1 is 1.29 bits per heavy atom. The molecule has 1 N–H and O–H groups in total. The normalized spacial score (nSPS) is 32.7. The van der Waals surface area contributed by atoms with Gasteiger partial charge in [0.2, 0.25) is 5.91 Å². The van der Waals surface area contributed by atoms with Crippen LogP contribution in [0.25, 0.3) is 0 Å². The van der Waals surface area contributed by atoms with Gasteiger partial charge in [-0.3, -0.25) is 4.79 Å². The highest BCUT2D eigenvalue weighted by Crippen LogP contribution is 2.48. The first-order valence-electron chi connectivity index (χ1n) is 7.51. The van der Waals surface area contributed by atoms with Crippen LogP contribution in [0.1, 0.15) is 65.2 Å². The van der Waals surface area contributed by atoms with E-state index in [-0.39, 0.29) is 0 Å². The third-order valence-electron chi connectivity index (χ3n) is 4.70. The summed E-state index contributed by atoms with van der Waals surface area (Å²) in [6.07, 6.45) is 10.1. The van der Waals surface area contributed by atoms with Crippen molar-refractivity contribution in [1.29, 1.82) is 0 Å². The maximum absolute atomic E-state index is 12.2. The standard InChI is InChI=1S/C15H27NO/c1-3-4-5-6-11(2)16-15(17)14-10-12-7-8-13(14)9-12/h11-14H,3-10H2,1-2H3,(H,16,17)/t11-,12-,13-,14+/m1/s1. The summed E-state index contributed by atoms with van der Waals surface area (Å²) in [6.45, 7) is 4.37. The van der Waals surface area contributed by atoms with E-state index < -0.39 is 0 Å². The van der Waals surface area contributed by atoms with E-state index in [9.17, 15) is 4.79 Å². The fourth-order valence-electron chi connectivity index (χ4n) is 3.69. The predicted octanol–water partition coefficient (Wildman–Crippen LogP) is 3.51. The summed E-state index contributed by atoms with van der Waals surface area (Å²) in [5, 5.41) is 3.23. The van der Waals surface area contributed by atoms with Gasteiger partial charge < -0.3 is 5.32 Å². The molecule has 0 aromatic rings. The van der Waals surface area contributed by atoms with Gasteiger partial charge in [-0.25, -0.2) is 0 Å². The van der Waals surface area contributed by atoms with E-state index in [1.54, 1.807) is 0 Å². The van der Waals surface area contributed by atoms with Crippen LogP contribution in [-0.4, -0.2) is 11.9 Å². The zero-order chi connectivity index (χ0) is 12.3. The van der Waals surface area contributed by atoms with Gasteiger partial charge >= 0.3 is 0 Å². The first kappa shape index (κ1) is 12.9. The molecule has 2 rings (SSSR count). The van der Waals surface area contributed by atoms with E-state index in [0.717, 1.165) is 18.8 Å². The number of hydrogen-bond acceptors (Lipinski definition) is 1. The van der Waals surface area contributed by atoms with Crippen LogP contribution >= 0.6 is 0 Å². The van der Waals surface area contributed by atoms with E-state index in [4.69, 9.17) is 0 Å². The van der Waals surface area contributed by atoms with Gasteiger partial charge in [0.25, 0.3) is 0 Å². The van der Waals surface area contributed by atoms with E-state index in [2.05, 4.69) is 19.2 Å². The highest BCUT2D eigenvalue weighted by Gasteiger charge is 2.43. The number of unbranched alkanes of at least 4 members (excludes halogenated alkanes) is 2. The summed E-state index contributed by atoms with van der Waals surface area (Å²) in [5.74, 6) is 2.28. The summed E-state index contributed by atoms with van der Waals surface area (Å²) >= 11 is 0. The molecule has 1 amide bonds. The number of amides is 1. The van der Waals surface area contributed by atoms with Gasteiger partial charge in [-0.1, -0.05) is 32.6 Å². The van der Waals surface area contributed by atoms with Crippen LogP contribution in [0.2, 0.25) is 0 Å². The highest BCUT2D eigenvalue weighted by atomic mass is 16.2. The Bertz CT molecular complexity index is 264. The summed E-state index contributed by atoms with van der Waals surface area (Å²) in [7, 11) is 0. The van der Waals surface area contributed by atoms with E-state index in [1.165, 1.54) is 38.5 Å². The molecule has 0 saturated heterocycles. The van der Waals surface area contributed by atoms with Gasteiger partial charge in [-0.15, -0.1) is 0 Å². The van der Waals surface area contributed by atoms with E-state index >= 15 is 0 Å². The van der Waals surface area contributed by atoms with Gasteiger partial charge in [0.1, 0.15) is 0 Å². The number of nitrogens with one attached hydrogen (secondary N) is 1. The van der Waals surface area contributed by atoms with Crippen LogP contribution in [0.15, 0.2) is 0 Å². The second-order valence-electron chi connectivity index (χ2n) is 6.19. The van der Waals surface area contributed by atoms with Gasteiger partial charge in [0, 0.05) is 12.0 Å². The molecule has 0 spiro atoms. The van der Waals surface area contributed by atoms with Gasteiger partial charge in [-0.2, -0.15) is 0 Å². The van der Waals surface area contributed by atoms with Gasteiger partial charge in [0.05, 0.1) is 0 Å². The van der Waals surface area contributed by atoms with Crippen molar-refractivity contribution < 1.29 is 4.79 Å². The number of rotatable bonds is 6.